The number of carbonyl (C=O) groups is 1. The topological polar surface area (TPSA) is 78.3 Å². The van der Waals surface area contributed by atoms with Crippen molar-refractivity contribution in [3.63, 3.8) is 0 Å². The number of benzene rings is 1. The maximum atomic E-state index is 10.7. The van der Waals surface area contributed by atoms with E-state index in [-0.39, 0.29) is 12.4 Å². The van der Waals surface area contributed by atoms with E-state index < -0.39 is 5.91 Å². The lowest BCUT2D eigenvalue weighted by molar-refractivity contribution is 0.100. The predicted molar refractivity (Wildman–Crippen MR) is 56.8 cm³/mol. The molecule has 0 aromatic heterocycles. The van der Waals surface area contributed by atoms with Gasteiger partial charge in [0, 0.05) is 12.1 Å². The molecule has 0 spiro atoms. The second-order valence-corrected chi connectivity index (χ2v) is 2.53. The minimum absolute atomic E-state index is 0. The molecule has 1 rings (SSSR count). The molecular formula is C9H13ClN2O2. The number of carbonyl (C=O) groups excluding carboxylic acids is 1. The molecule has 0 bridgehead atoms. The van der Waals surface area contributed by atoms with Crippen molar-refractivity contribution < 1.29 is 9.53 Å². The Morgan fingerprint density at radius 3 is 2.29 bits per heavy atom. The van der Waals surface area contributed by atoms with Gasteiger partial charge in [0.1, 0.15) is 12.4 Å². The second-order valence-electron chi connectivity index (χ2n) is 2.53. The van der Waals surface area contributed by atoms with E-state index in [4.69, 9.17) is 16.2 Å². The zero-order chi connectivity index (χ0) is 9.68. The summed E-state index contributed by atoms with van der Waals surface area (Å²) < 4.78 is 5.21. The summed E-state index contributed by atoms with van der Waals surface area (Å²) in [5, 5.41) is 0. The van der Waals surface area contributed by atoms with Crippen LogP contribution in [0.3, 0.4) is 0 Å². The number of amides is 1. The molecule has 0 atom stereocenters. The third-order valence-electron chi connectivity index (χ3n) is 1.53. The van der Waals surface area contributed by atoms with E-state index in [0.29, 0.717) is 24.5 Å². The van der Waals surface area contributed by atoms with Gasteiger partial charge in [-0.15, -0.1) is 12.4 Å². The Morgan fingerprint density at radius 1 is 1.29 bits per heavy atom. The molecule has 1 aromatic carbocycles. The van der Waals surface area contributed by atoms with Gasteiger partial charge in [0.25, 0.3) is 0 Å². The van der Waals surface area contributed by atoms with Crippen LogP contribution in [0.2, 0.25) is 0 Å². The molecule has 0 fully saturated rings. The highest BCUT2D eigenvalue weighted by Gasteiger charge is 1.99. The standard InChI is InChI=1S/C9H12N2O2.ClH/c10-5-6-13-8-3-1-7(2-4-8)9(11)12;/h1-4H,5-6,10H2,(H2,11,12);1H. The summed E-state index contributed by atoms with van der Waals surface area (Å²) in [4.78, 5) is 10.7. The zero-order valence-electron chi connectivity index (χ0n) is 7.60. The third kappa shape index (κ3) is 3.64. The van der Waals surface area contributed by atoms with Crippen molar-refractivity contribution in [3.05, 3.63) is 29.8 Å². The van der Waals surface area contributed by atoms with Crippen LogP contribution in [0.15, 0.2) is 24.3 Å². The molecule has 1 aromatic rings. The average Bonchev–Trinajstić information content (AvgIpc) is 2.15. The first kappa shape index (κ1) is 12.7. The first-order chi connectivity index (χ1) is 6.24. The van der Waals surface area contributed by atoms with Crippen molar-refractivity contribution in [2.24, 2.45) is 11.5 Å². The number of ether oxygens (including phenoxy) is 1. The molecule has 0 aliphatic carbocycles. The molecule has 0 saturated carbocycles. The summed E-state index contributed by atoms with van der Waals surface area (Å²) in [6.45, 7) is 0.938. The number of halogens is 1. The van der Waals surface area contributed by atoms with Crippen molar-refractivity contribution in [2.75, 3.05) is 13.2 Å². The molecular weight excluding hydrogens is 204 g/mol. The molecule has 4 nitrogen and oxygen atoms in total. The molecule has 0 heterocycles. The summed E-state index contributed by atoms with van der Waals surface area (Å²) in [5.74, 6) is 0.251. The fourth-order valence-corrected chi connectivity index (χ4v) is 0.892. The monoisotopic (exact) mass is 216 g/mol. The Bertz CT molecular complexity index is 287. The summed E-state index contributed by atoms with van der Waals surface area (Å²) >= 11 is 0. The van der Waals surface area contributed by atoms with Gasteiger partial charge in [-0.3, -0.25) is 4.79 Å². The highest BCUT2D eigenvalue weighted by molar-refractivity contribution is 5.92. The highest BCUT2D eigenvalue weighted by Crippen LogP contribution is 2.11. The van der Waals surface area contributed by atoms with Gasteiger partial charge >= 0.3 is 0 Å². The van der Waals surface area contributed by atoms with Crippen molar-refractivity contribution in [2.45, 2.75) is 0 Å². The van der Waals surface area contributed by atoms with E-state index in [0.717, 1.165) is 0 Å². The van der Waals surface area contributed by atoms with Gasteiger partial charge in [-0.2, -0.15) is 0 Å². The molecule has 14 heavy (non-hydrogen) atoms. The lowest BCUT2D eigenvalue weighted by atomic mass is 10.2. The van der Waals surface area contributed by atoms with Crippen molar-refractivity contribution in [1.82, 2.24) is 0 Å². The first-order valence-corrected chi connectivity index (χ1v) is 3.97. The van der Waals surface area contributed by atoms with Crippen LogP contribution in [0.1, 0.15) is 10.4 Å². The largest absolute Gasteiger partial charge is 0.492 e. The quantitative estimate of drug-likeness (QED) is 0.771. The van der Waals surface area contributed by atoms with E-state index in [2.05, 4.69) is 0 Å². The smallest absolute Gasteiger partial charge is 0.248 e. The van der Waals surface area contributed by atoms with Gasteiger partial charge in [0.2, 0.25) is 5.91 Å². The molecule has 0 aliphatic heterocycles. The second kappa shape index (κ2) is 6.23. The van der Waals surface area contributed by atoms with Crippen LogP contribution in [0.4, 0.5) is 0 Å². The minimum Gasteiger partial charge on any atom is -0.492 e. The van der Waals surface area contributed by atoms with Crippen LogP contribution in [-0.4, -0.2) is 19.1 Å². The molecule has 0 unspecified atom stereocenters. The Labute approximate surface area is 88.6 Å². The Hall–Kier alpha value is -1.26. The van der Waals surface area contributed by atoms with Crippen molar-refractivity contribution >= 4 is 18.3 Å². The van der Waals surface area contributed by atoms with Gasteiger partial charge in [-0.25, -0.2) is 0 Å². The van der Waals surface area contributed by atoms with E-state index in [1.54, 1.807) is 24.3 Å². The highest BCUT2D eigenvalue weighted by atomic mass is 35.5. The summed E-state index contributed by atoms with van der Waals surface area (Å²) in [6.07, 6.45) is 0. The Morgan fingerprint density at radius 2 is 1.86 bits per heavy atom. The molecule has 5 heteroatoms. The first-order valence-electron chi connectivity index (χ1n) is 3.97. The van der Waals surface area contributed by atoms with Crippen molar-refractivity contribution in [3.8, 4) is 5.75 Å². The fourth-order valence-electron chi connectivity index (χ4n) is 0.892. The third-order valence-corrected chi connectivity index (χ3v) is 1.53. The van der Waals surface area contributed by atoms with Gasteiger partial charge in [-0.1, -0.05) is 0 Å². The summed E-state index contributed by atoms with van der Waals surface area (Å²) in [6, 6.07) is 6.62. The Balaban J connectivity index is 0.00000169. The van der Waals surface area contributed by atoms with Gasteiger partial charge < -0.3 is 16.2 Å². The van der Waals surface area contributed by atoms with Crippen LogP contribution in [0.5, 0.6) is 5.75 Å². The molecule has 0 radical (unpaired) electrons. The van der Waals surface area contributed by atoms with Gasteiger partial charge in [0.05, 0.1) is 0 Å². The van der Waals surface area contributed by atoms with E-state index in [9.17, 15) is 4.79 Å². The summed E-state index contributed by atoms with van der Waals surface area (Å²) in [7, 11) is 0. The predicted octanol–water partition coefficient (Wildman–Crippen LogP) is 0.545. The SMILES string of the molecule is Cl.NCCOc1ccc(C(N)=O)cc1. The molecule has 0 saturated heterocycles. The lowest BCUT2D eigenvalue weighted by Crippen LogP contribution is -2.12. The maximum Gasteiger partial charge on any atom is 0.248 e. The van der Waals surface area contributed by atoms with Crippen LogP contribution in [-0.2, 0) is 0 Å². The van der Waals surface area contributed by atoms with Crippen LogP contribution in [0, 0.1) is 0 Å². The van der Waals surface area contributed by atoms with E-state index >= 15 is 0 Å². The average molecular weight is 217 g/mol. The number of primary amides is 1. The van der Waals surface area contributed by atoms with Crippen LogP contribution >= 0.6 is 12.4 Å². The molecule has 0 aliphatic rings. The number of nitrogens with two attached hydrogens (primary N) is 2. The molecule has 4 N–H and O–H groups in total. The maximum absolute atomic E-state index is 10.7. The summed E-state index contributed by atoms with van der Waals surface area (Å²) in [5.41, 5.74) is 10.8. The van der Waals surface area contributed by atoms with E-state index in [1.807, 2.05) is 0 Å². The Kier molecular flexibility index (Phi) is 5.67. The fraction of sp³-hybridized carbons (Fsp3) is 0.222. The van der Waals surface area contributed by atoms with Crippen LogP contribution in [0.25, 0.3) is 0 Å². The minimum atomic E-state index is -0.439. The van der Waals surface area contributed by atoms with Gasteiger partial charge in [0.15, 0.2) is 0 Å². The van der Waals surface area contributed by atoms with Crippen LogP contribution < -0.4 is 16.2 Å². The zero-order valence-corrected chi connectivity index (χ0v) is 8.42. The molecule has 78 valence electrons. The normalized spacial score (nSPS) is 8.93. The van der Waals surface area contributed by atoms with E-state index in [1.165, 1.54) is 0 Å². The van der Waals surface area contributed by atoms with Gasteiger partial charge in [-0.05, 0) is 24.3 Å². The number of rotatable bonds is 4. The lowest BCUT2D eigenvalue weighted by Gasteiger charge is -2.03. The number of hydrogen-bond acceptors (Lipinski definition) is 3. The number of hydrogen-bond donors (Lipinski definition) is 2. The molecule has 1 amide bonds. The van der Waals surface area contributed by atoms with Crippen molar-refractivity contribution in [1.29, 1.82) is 0 Å².